The normalized spacial score (nSPS) is 10.8. The molecule has 2 aromatic rings. The Hall–Kier alpha value is -1.13. The highest BCUT2D eigenvalue weighted by atomic mass is 32.1. The molecule has 0 aliphatic heterocycles. The van der Waals surface area contributed by atoms with Crippen molar-refractivity contribution in [2.45, 2.75) is 26.3 Å². The number of aryl methyl sites for hydroxylation is 2. The van der Waals surface area contributed by atoms with Crippen molar-refractivity contribution in [3.63, 3.8) is 0 Å². The molecule has 16 heavy (non-hydrogen) atoms. The minimum atomic E-state index is 0.882. The summed E-state index contributed by atoms with van der Waals surface area (Å²) >= 11 is 1.75. The molecule has 0 saturated heterocycles. The van der Waals surface area contributed by atoms with E-state index in [0.29, 0.717) is 0 Å². The summed E-state index contributed by atoms with van der Waals surface area (Å²) in [5.41, 5.74) is 2.33. The molecule has 0 saturated carbocycles. The number of hydrogen-bond donors (Lipinski definition) is 1. The quantitative estimate of drug-likeness (QED) is 0.784. The van der Waals surface area contributed by atoms with Crippen LogP contribution in [0.4, 0.5) is 0 Å². The monoisotopic (exact) mass is 236 g/mol. The number of nitrogens with zero attached hydrogens (tertiary/aromatic N) is 1. The lowest BCUT2D eigenvalue weighted by Crippen LogP contribution is -2.14. The van der Waals surface area contributed by atoms with E-state index in [1.807, 2.05) is 13.0 Å². The van der Waals surface area contributed by atoms with Gasteiger partial charge in [-0.1, -0.05) is 0 Å². The van der Waals surface area contributed by atoms with E-state index in [9.17, 15) is 0 Å². The summed E-state index contributed by atoms with van der Waals surface area (Å²) < 4.78 is 5.00. The highest BCUT2D eigenvalue weighted by molar-refractivity contribution is 7.09. The van der Waals surface area contributed by atoms with Gasteiger partial charge in [0.25, 0.3) is 0 Å². The third-order valence-corrected chi connectivity index (χ3v) is 3.35. The van der Waals surface area contributed by atoms with Gasteiger partial charge in [0.1, 0.15) is 0 Å². The van der Waals surface area contributed by atoms with Gasteiger partial charge in [-0.15, -0.1) is 11.3 Å². The molecular formula is C12H16N2OS. The van der Waals surface area contributed by atoms with Gasteiger partial charge in [0.05, 0.1) is 17.5 Å². The van der Waals surface area contributed by atoms with Crippen LogP contribution >= 0.6 is 11.3 Å². The van der Waals surface area contributed by atoms with Crippen molar-refractivity contribution in [2.24, 2.45) is 0 Å². The van der Waals surface area contributed by atoms with E-state index >= 15 is 0 Å². The smallest absolute Gasteiger partial charge is 0.0947 e. The van der Waals surface area contributed by atoms with Crippen LogP contribution < -0.4 is 5.32 Å². The van der Waals surface area contributed by atoms with Gasteiger partial charge < -0.3 is 9.73 Å². The molecule has 0 spiro atoms. The fraction of sp³-hybridized carbons (Fsp3) is 0.417. The maximum Gasteiger partial charge on any atom is 0.0947 e. The summed E-state index contributed by atoms with van der Waals surface area (Å²) in [5, 5.41) is 6.73. The summed E-state index contributed by atoms with van der Waals surface area (Å²) in [6, 6.07) is 1.98. The lowest BCUT2D eigenvalue weighted by molar-refractivity contribution is 0.559. The molecular weight excluding hydrogens is 220 g/mol. The Morgan fingerprint density at radius 1 is 1.50 bits per heavy atom. The molecule has 0 amide bonds. The molecule has 86 valence electrons. The molecule has 0 atom stereocenters. The Kier molecular flexibility index (Phi) is 4.13. The van der Waals surface area contributed by atoms with Crippen molar-refractivity contribution in [1.29, 1.82) is 0 Å². The van der Waals surface area contributed by atoms with E-state index in [1.54, 1.807) is 23.9 Å². The van der Waals surface area contributed by atoms with Crippen LogP contribution in [0, 0.1) is 6.92 Å². The Morgan fingerprint density at radius 3 is 3.12 bits per heavy atom. The summed E-state index contributed by atoms with van der Waals surface area (Å²) in [6.45, 7) is 3.94. The summed E-state index contributed by atoms with van der Waals surface area (Å²) in [4.78, 5) is 4.43. The van der Waals surface area contributed by atoms with Gasteiger partial charge in [-0.25, -0.2) is 4.98 Å². The molecule has 0 fully saturated rings. The van der Waals surface area contributed by atoms with Gasteiger partial charge >= 0.3 is 0 Å². The molecule has 4 heteroatoms. The van der Waals surface area contributed by atoms with E-state index in [-0.39, 0.29) is 0 Å². The van der Waals surface area contributed by atoms with E-state index in [1.165, 1.54) is 10.6 Å². The van der Waals surface area contributed by atoms with Crippen LogP contribution in [-0.4, -0.2) is 11.5 Å². The Balaban J connectivity index is 1.59. The third-order valence-electron chi connectivity index (χ3n) is 2.32. The zero-order valence-electron chi connectivity index (χ0n) is 9.40. The highest BCUT2D eigenvalue weighted by Gasteiger charge is 1.98. The predicted molar refractivity (Wildman–Crippen MR) is 65.6 cm³/mol. The van der Waals surface area contributed by atoms with Crippen molar-refractivity contribution in [3.8, 4) is 0 Å². The molecule has 0 radical (unpaired) electrons. The first-order valence-corrected chi connectivity index (χ1v) is 6.35. The Labute approximate surface area is 99.5 Å². The number of rotatable bonds is 6. The maximum atomic E-state index is 5.00. The molecule has 0 aliphatic rings. The minimum absolute atomic E-state index is 0.882. The number of nitrogens with one attached hydrogen (secondary N) is 1. The number of hydrogen-bond acceptors (Lipinski definition) is 4. The predicted octanol–water partition coefficient (Wildman–Crippen LogP) is 2.77. The molecule has 0 aliphatic carbocycles. The minimum Gasteiger partial charge on any atom is -0.472 e. The van der Waals surface area contributed by atoms with Crippen molar-refractivity contribution in [1.82, 2.24) is 10.3 Å². The van der Waals surface area contributed by atoms with Crippen LogP contribution in [0.15, 0.2) is 28.4 Å². The summed E-state index contributed by atoms with van der Waals surface area (Å²) in [6.07, 6.45) is 5.67. The second kappa shape index (κ2) is 5.82. The lowest BCUT2D eigenvalue weighted by Gasteiger charge is -2.01. The van der Waals surface area contributed by atoms with E-state index < -0.39 is 0 Å². The number of furan rings is 1. The van der Waals surface area contributed by atoms with Crippen LogP contribution in [0.1, 0.15) is 22.7 Å². The van der Waals surface area contributed by atoms with Crippen LogP contribution in [0.3, 0.4) is 0 Å². The first kappa shape index (κ1) is 11.4. The molecule has 0 bridgehead atoms. The molecule has 1 N–H and O–H groups in total. The lowest BCUT2D eigenvalue weighted by atomic mass is 10.3. The summed E-state index contributed by atoms with van der Waals surface area (Å²) in [7, 11) is 0. The number of thiazole rings is 1. The second-order valence-corrected chi connectivity index (χ2v) is 4.74. The molecule has 3 nitrogen and oxygen atoms in total. The molecule has 2 aromatic heterocycles. The molecule has 0 unspecified atom stereocenters. The second-order valence-electron chi connectivity index (χ2n) is 3.79. The fourth-order valence-electron chi connectivity index (χ4n) is 1.51. The van der Waals surface area contributed by atoms with E-state index in [4.69, 9.17) is 4.42 Å². The van der Waals surface area contributed by atoms with Crippen LogP contribution in [0.25, 0.3) is 0 Å². The first-order valence-electron chi connectivity index (χ1n) is 5.47. The standard InChI is InChI=1S/C12H16N2OS/c1-10-9-16-12(14-10)3-2-5-13-7-11-4-6-15-8-11/h4,6,8-9,13H,2-3,5,7H2,1H3. The van der Waals surface area contributed by atoms with E-state index in [0.717, 1.165) is 31.6 Å². The van der Waals surface area contributed by atoms with Gasteiger partial charge in [-0.05, 0) is 26.0 Å². The van der Waals surface area contributed by atoms with Crippen LogP contribution in [0.2, 0.25) is 0 Å². The zero-order chi connectivity index (χ0) is 11.2. The Morgan fingerprint density at radius 2 is 2.44 bits per heavy atom. The molecule has 0 aromatic carbocycles. The van der Waals surface area contributed by atoms with Crippen LogP contribution in [-0.2, 0) is 13.0 Å². The van der Waals surface area contributed by atoms with Crippen LogP contribution in [0.5, 0.6) is 0 Å². The first-order chi connectivity index (χ1) is 7.84. The van der Waals surface area contributed by atoms with Gasteiger partial charge in [-0.3, -0.25) is 0 Å². The SMILES string of the molecule is Cc1csc(CCCNCc2ccoc2)n1. The highest BCUT2D eigenvalue weighted by Crippen LogP contribution is 2.10. The average Bonchev–Trinajstić information content (AvgIpc) is 2.89. The van der Waals surface area contributed by atoms with Gasteiger partial charge in [0, 0.05) is 29.6 Å². The van der Waals surface area contributed by atoms with Crippen molar-refractivity contribution in [2.75, 3.05) is 6.54 Å². The summed E-state index contributed by atoms with van der Waals surface area (Å²) in [5.74, 6) is 0. The Bertz CT molecular complexity index is 408. The maximum absolute atomic E-state index is 5.00. The topological polar surface area (TPSA) is 38.1 Å². The van der Waals surface area contributed by atoms with Gasteiger partial charge in [0.2, 0.25) is 0 Å². The average molecular weight is 236 g/mol. The van der Waals surface area contributed by atoms with Crippen molar-refractivity contribution >= 4 is 11.3 Å². The van der Waals surface area contributed by atoms with Crippen molar-refractivity contribution < 1.29 is 4.42 Å². The third kappa shape index (κ3) is 3.47. The van der Waals surface area contributed by atoms with Crippen molar-refractivity contribution in [3.05, 3.63) is 40.2 Å². The van der Waals surface area contributed by atoms with Gasteiger partial charge in [-0.2, -0.15) is 0 Å². The van der Waals surface area contributed by atoms with E-state index in [2.05, 4.69) is 15.7 Å². The number of aromatic nitrogens is 1. The zero-order valence-corrected chi connectivity index (χ0v) is 10.2. The fourth-order valence-corrected chi connectivity index (χ4v) is 2.33. The molecule has 2 heterocycles. The molecule has 2 rings (SSSR count). The largest absolute Gasteiger partial charge is 0.472 e. The van der Waals surface area contributed by atoms with Gasteiger partial charge in [0.15, 0.2) is 0 Å².